The molecule has 7 aromatic carbocycles. The first-order valence-corrected chi connectivity index (χ1v) is 16.8. The Hall–Kier alpha value is -5.16. The van der Waals surface area contributed by atoms with Gasteiger partial charge in [-0.15, -0.1) is 0 Å². The van der Waals surface area contributed by atoms with E-state index in [1.807, 2.05) is 0 Å². The van der Waals surface area contributed by atoms with Crippen LogP contribution in [0.2, 0.25) is 0 Å². The molecule has 1 aliphatic heterocycles. The average molecular weight is 622 g/mol. The van der Waals surface area contributed by atoms with Crippen LogP contribution in [-0.2, 0) is 9.31 Å². The van der Waals surface area contributed by atoms with Gasteiger partial charge in [0.25, 0.3) is 0 Å². The van der Waals surface area contributed by atoms with Crippen LogP contribution >= 0.6 is 0 Å². The Bertz CT molecular complexity index is 2380. The number of fused-ring (bicyclic) bond motifs is 5. The van der Waals surface area contributed by atoms with Crippen molar-refractivity contribution in [2.75, 3.05) is 0 Å². The second-order valence-corrected chi connectivity index (χ2v) is 14.0. The van der Waals surface area contributed by atoms with Gasteiger partial charge in [-0.1, -0.05) is 115 Å². The van der Waals surface area contributed by atoms with Gasteiger partial charge in [0.15, 0.2) is 0 Å². The van der Waals surface area contributed by atoms with E-state index in [0.717, 1.165) is 22.2 Å². The number of nitrogens with zero attached hydrogens (tertiary/aromatic N) is 1. The predicted octanol–water partition coefficient (Wildman–Crippen LogP) is 10.7. The smallest absolute Gasteiger partial charge is 0.399 e. The Morgan fingerprint density at radius 2 is 0.917 bits per heavy atom. The van der Waals surface area contributed by atoms with Crippen LogP contribution in [0.3, 0.4) is 0 Å². The first-order valence-electron chi connectivity index (χ1n) is 16.8. The molecule has 4 heteroatoms. The van der Waals surface area contributed by atoms with E-state index < -0.39 is 18.3 Å². The first-order chi connectivity index (χ1) is 23.3. The highest BCUT2D eigenvalue weighted by Crippen LogP contribution is 2.41. The highest BCUT2D eigenvalue weighted by molar-refractivity contribution is 6.63. The van der Waals surface area contributed by atoms with E-state index in [2.05, 4.69) is 178 Å². The van der Waals surface area contributed by atoms with E-state index in [9.17, 15) is 0 Å². The molecule has 2 heterocycles. The van der Waals surface area contributed by atoms with Gasteiger partial charge < -0.3 is 13.9 Å². The minimum absolute atomic E-state index is 0.438. The Kier molecular flexibility index (Phi) is 6.46. The Morgan fingerprint density at radius 3 is 1.46 bits per heavy atom. The molecule has 0 aliphatic carbocycles. The Balaban J connectivity index is 1.31. The van der Waals surface area contributed by atoms with Crippen LogP contribution in [-0.4, -0.2) is 22.9 Å². The highest BCUT2D eigenvalue weighted by atomic mass is 16.7. The van der Waals surface area contributed by atoms with Gasteiger partial charge in [-0.2, -0.15) is 0 Å². The molecule has 48 heavy (non-hydrogen) atoms. The molecule has 0 saturated carbocycles. The monoisotopic (exact) mass is 621 g/mol. The highest BCUT2D eigenvalue weighted by Gasteiger charge is 2.52. The lowest BCUT2D eigenvalue weighted by atomic mass is 9.77. The van der Waals surface area contributed by atoms with Gasteiger partial charge in [0.05, 0.1) is 22.2 Å². The van der Waals surface area contributed by atoms with Gasteiger partial charge >= 0.3 is 7.12 Å². The van der Waals surface area contributed by atoms with Gasteiger partial charge in [-0.25, -0.2) is 0 Å². The lowest BCUT2D eigenvalue weighted by Gasteiger charge is -2.32. The second-order valence-electron chi connectivity index (χ2n) is 14.0. The van der Waals surface area contributed by atoms with Crippen molar-refractivity contribution in [3.05, 3.63) is 146 Å². The van der Waals surface area contributed by atoms with Crippen molar-refractivity contribution in [2.24, 2.45) is 0 Å². The SMILES string of the molecule is CC1(C)OB(c2ccccc2-n2c3ccc(-c4cccc5ccccc45)cc3c3cc(-c4cccc5ccccc45)ccc32)OC1(C)C. The maximum Gasteiger partial charge on any atom is 0.496 e. The van der Waals surface area contributed by atoms with Crippen molar-refractivity contribution < 1.29 is 9.31 Å². The van der Waals surface area contributed by atoms with E-state index >= 15 is 0 Å². The summed E-state index contributed by atoms with van der Waals surface area (Å²) in [6.07, 6.45) is 0. The van der Waals surface area contributed by atoms with Gasteiger partial charge in [0, 0.05) is 21.9 Å². The number of para-hydroxylation sites is 1. The average Bonchev–Trinajstić information content (AvgIpc) is 3.55. The lowest BCUT2D eigenvalue weighted by Crippen LogP contribution is -2.41. The molecule has 0 unspecified atom stereocenters. The summed E-state index contributed by atoms with van der Waals surface area (Å²) in [5.41, 5.74) is 8.37. The normalized spacial score (nSPS) is 15.6. The molecule has 1 saturated heterocycles. The van der Waals surface area contributed by atoms with Gasteiger partial charge in [0.2, 0.25) is 0 Å². The fourth-order valence-corrected chi connectivity index (χ4v) is 7.43. The van der Waals surface area contributed by atoms with Crippen molar-refractivity contribution in [1.82, 2.24) is 4.57 Å². The summed E-state index contributed by atoms with van der Waals surface area (Å²) in [5.74, 6) is 0. The van der Waals surface area contributed by atoms with E-state index in [-0.39, 0.29) is 0 Å². The Morgan fingerprint density at radius 1 is 0.458 bits per heavy atom. The first kappa shape index (κ1) is 29.0. The molecule has 0 radical (unpaired) electrons. The van der Waals surface area contributed by atoms with Crippen molar-refractivity contribution in [1.29, 1.82) is 0 Å². The molecule has 0 atom stereocenters. The summed E-state index contributed by atoms with van der Waals surface area (Å²) >= 11 is 0. The van der Waals surface area contributed by atoms with Gasteiger partial charge in [-0.3, -0.25) is 0 Å². The minimum atomic E-state index is -0.483. The molecule has 3 nitrogen and oxygen atoms in total. The summed E-state index contributed by atoms with van der Waals surface area (Å²) < 4.78 is 15.6. The van der Waals surface area contributed by atoms with Crippen LogP contribution < -0.4 is 5.46 Å². The van der Waals surface area contributed by atoms with Crippen LogP contribution in [0.4, 0.5) is 0 Å². The molecular formula is C44H36BNO2. The Labute approximate surface area is 281 Å². The number of aromatic nitrogens is 1. The number of benzene rings is 7. The molecule has 8 aromatic rings. The minimum Gasteiger partial charge on any atom is -0.399 e. The molecule has 0 spiro atoms. The molecule has 0 N–H and O–H groups in total. The zero-order valence-electron chi connectivity index (χ0n) is 27.7. The maximum atomic E-state index is 6.61. The third kappa shape index (κ3) is 4.44. The van der Waals surface area contributed by atoms with E-state index in [0.29, 0.717) is 0 Å². The summed E-state index contributed by atoms with van der Waals surface area (Å²) in [5, 5.41) is 7.41. The molecule has 1 fully saturated rings. The molecule has 9 rings (SSSR count). The summed E-state index contributed by atoms with van der Waals surface area (Å²) in [6, 6.07) is 52.8. The number of hydrogen-bond acceptors (Lipinski definition) is 2. The van der Waals surface area contributed by atoms with Crippen molar-refractivity contribution >= 4 is 55.9 Å². The summed E-state index contributed by atoms with van der Waals surface area (Å²) in [4.78, 5) is 0. The quantitative estimate of drug-likeness (QED) is 0.183. The van der Waals surface area contributed by atoms with Gasteiger partial charge in [-0.05, 0) is 102 Å². The van der Waals surface area contributed by atoms with Crippen molar-refractivity contribution in [3.8, 4) is 27.9 Å². The molecule has 232 valence electrons. The maximum absolute atomic E-state index is 6.61. The van der Waals surface area contributed by atoms with E-state index in [1.165, 1.54) is 54.6 Å². The largest absolute Gasteiger partial charge is 0.496 e. The topological polar surface area (TPSA) is 23.4 Å². The number of rotatable bonds is 4. The van der Waals surface area contributed by atoms with E-state index in [4.69, 9.17) is 9.31 Å². The molecular weight excluding hydrogens is 585 g/mol. The van der Waals surface area contributed by atoms with Crippen molar-refractivity contribution in [2.45, 2.75) is 38.9 Å². The number of hydrogen-bond donors (Lipinski definition) is 0. The standard InChI is InChI=1S/C44H36BNO2/c1-43(2)44(3,4)48-45(47-43)39-21-9-10-22-42(39)46-40-25-23-31(35-19-11-15-29-13-5-7-17-33(29)35)27-37(40)38-28-32(24-26-41(38)46)36-20-12-16-30-14-6-8-18-34(30)36/h5-28H,1-4H3. The van der Waals surface area contributed by atoms with Crippen LogP contribution in [0.5, 0.6) is 0 Å². The van der Waals surface area contributed by atoms with Crippen LogP contribution in [0.1, 0.15) is 27.7 Å². The van der Waals surface area contributed by atoms with Gasteiger partial charge in [0.1, 0.15) is 0 Å². The lowest BCUT2D eigenvalue weighted by molar-refractivity contribution is 0.00578. The summed E-state index contributed by atoms with van der Waals surface area (Å²) in [6.45, 7) is 8.44. The molecule has 1 aromatic heterocycles. The van der Waals surface area contributed by atoms with Crippen LogP contribution in [0.25, 0.3) is 71.3 Å². The zero-order valence-corrected chi connectivity index (χ0v) is 27.7. The van der Waals surface area contributed by atoms with Crippen LogP contribution in [0.15, 0.2) is 146 Å². The molecule has 0 bridgehead atoms. The zero-order chi connectivity index (χ0) is 32.6. The summed E-state index contributed by atoms with van der Waals surface area (Å²) in [7, 11) is -0.483. The van der Waals surface area contributed by atoms with Crippen molar-refractivity contribution in [3.63, 3.8) is 0 Å². The predicted molar refractivity (Wildman–Crippen MR) is 202 cm³/mol. The van der Waals surface area contributed by atoms with E-state index in [1.54, 1.807) is 0 Å². The molecule has 0 amide bonds. The second kappa shape index (κ2) is 10.7. The fraction of sp³-hybridized carbons (Fsp3) is 0.136. The molecule has 1 aliphatic rings. The third-order valence-corrected chi connectivity index (χ3v) is 10.7. The van der Waals surface area contributed by atoms with Crippen LogP contribution in [0, 0.1) is 0 Å². The third-order valence-electron chi connectivity index (χ3n) is 10.7. The fourth-order valence-electron chi connectivity index (χ4n) is 7.43.